The minimum absolute atomic E-state index is 0.925. The molecule has 0 fully saturated rings. The van der Waals surface area contributed by atoms with Crippen molar-refractivity contribution in [1.82, 2.24) is 10.3 Å². The molecule has 2 aromatic rings. The van der Waals surface area contributed by atoms with Crippen LogP contribution in [0.3, 0.4) is 0 Å². The predicted molar refractivity (Wildman–Crippen MR) is 71.0 cm³/mol. The first-order valence-electron chi connectivity index (χ1n) is 5.91. The van der Waals surface area contributed by atoms with Crippen molar-refractivity contribution in [2.45, 2.75) is 19.9 Å². The second kappa shape index (κ2) is 5.60. The molecule has 2 rings (SSSR count). The Morgan fingerprint density at radius 1 is 1.18 bits per heavy atom. The first kappa shape index (κ1) is 11.8. The lowest BCUT2D eigenvalue weighted by Gasteiger charge is -2.08. The lowest BCUT2D eigenvalue weighted by Crippen LogP contribution is -2.05. The highest BCUT2D eigenvalue weighted by Gasteiger charge is 2.01. The van der Waals surface area contributed by atoms with E-state index in [-0.39, 0.29) is 0 Å². The molecule has 1 N–H and O–H groups in total. The van der Waals surface area contributed by atoms with E-state index in [2.05, 4.69) is 41.5 Å². The molecule has 1 heterocycles. The van der Waals surface area contributed by atoms with Gasteiger partial charge in [0.2, 0.25) is 0 Å². The van der Waals surface area contributed by atoms with Gasteiger partial charge in [0.05, 0.1) is 0 Å². The molecule has 17 heavy (non-hydrogen) atoms. The second-order valence-electron chi connectivity index (χ2n) is 4.33. The molecule has 0 unspecified atom stereocenters. The first-order valence-corrected chi connectivity index (χ1v) is 5.91. The molecule has 2 heteroatoms. The summed E-state index contributed by atoms with van der Waals surface area (Å²) in [6.07, 6.45) is 4.70. The first-order chi connectivity index (χ1) is 8.29. The molecule has 0 atom stereocenters. The third kappa shape index (κ3) is 3.14. The van der Waals surface area contributed by atoms with Crippen LogP contribution in [0.5, 0.6) is 0 Å². The van der Waals surface area contributed by atoms with Crippen molar-refractivity contribution < 1.29 is 0 Å². The van der Waals surface area contributed by atoms with Gasteiger partial charge in [-0.05, 0) is 48.7 Å². The van der Waals surface area contributed by atoms with Crippen molar-refractivity contribution in [1.29, 1.82) is 0 Å². The topological polar surface area (TPSA) is 24.9 Å². The Kier molecular flexibility index (Phi) is 3.89. The standard InChI is InChI=1S/C15H18N2/c1-12-8-14(10-16-2)5-6-15(12)9-13-4-3-7-17-11-13/h3-8,11,16H,9-10H2,1-2H3. The molecule has 0 aliphatic carbocycles. The van der Waals surface area contributed by atoms with Crippen LogP contribution >= 0.6 is 0 Å². The van der Waals surface area contributed by atoms with Gasteiger partial charge in [0.1, 0.15) is 0 Å². The molecule has 0 saturated heterocycles. The second-order valence-corrected chi connectivity index (χ2v) is 4.33. The van der Waals surface area contributed by atoms with Gasteiger partial charge < -0.3 is 5.32 Å². The molecule has 0 aliphatic heterocycles. The third-order valence-electron chi connectivity index (χ3n) is 2.91. The molecule has 0 radical (unpaired) electrons. The fourth-order valence-electron chi connectivity index (χ4n) is 1.99. The van der Waals surface area contributed by atoms with E-state index in [0.29, 0.717) is 0 Å². The average molecular weight is 226 g/mol. The molecule has 1 aromatic heterocycles. The maximum Gasteiger partial charge on any atom is 0.0303 e. The number of aryl methyl sites for hydroxylation is 1. The van der Waals surface area contributed by atoms with Gasteiger partial charge in [-0.3, -0.25) is 4.98 Å². The number of aromatic nitrogens is 1. The summed E-state index contributed by atoms with van der Waals surface area (Å²) in [4.78, 5) is 4.15. The molecule has 0 aliphatic rings. The maximum absolute atomic E-state index is 4.15. The summed E-state index contributed by atoms with van der Waals surface area (Å²) in [6, 6.07) is 10.8. The van der Waals surface area contributed by atoms with Gasteiger partial charge in [-0.15, -0.1) is 0 Å². The molecule has 0 bridgehead atoms. The van der Waals surface area contributed by atoms with Gasteiger partial charge in [0.25, 0.3) is 0 Å². The van der Waals surface area contributed by atoms with E-state index in [1.54, 1.807) is 0 Å². The quantitative estimate of drug-likeness (QED) is 0.867. The highest BCUT2D eigenvalue weighted by atomic mass is 14.8. The number of pyridine rings is 1. The van der Waals surface area contributed by atoms with Crippen molar-refractivity contribution >= 4 is 0 Å². The van der Waals surface area contributed by atoms with Crippen LogP contribution in [0.25, 0.3) is 0 Å². The van der Waals surface area contributed by atoms with E-state index in [9.17, 15) is 0 Å². The van der Waals surface area contributed by atoms with Crippen molar-refractivity contribution in [2.24, 2.45) is 0 Å². The number of nitrogens with zero attached hydrogens (tertiary/aromatic N) is 1. The minimum atomic E-state index is 0.925. The summed E-state index contributed by atoms with van der Waals surface area (Å²) in [6.45, 7) is 3.10. The van der Waals surface area contributed by atoms with Gasteiger partial charge in [-0.2, -0.15) is 0 Å². The molecule has 0 amide bonds. The van der Waals surface area contributed by atoms with E-state index in [1.165, 1.54) is 22.3 Å². The van der Waals surface area contributed by atoms with Crippen LogP contribution in [-0.4, -0.2) is 12.0 Å². The Hall–Kier alpha value is -1.67. The Bertz CT molecular complexity index is 478. The van der Waals surface area contributed by atoms with Crippen molar-refractivity contribution in [3.63, 3.8) is 0 Å². The van der Waals surface area contributed by atoms with E-state index in [0.717, 1.165) is 13.0 Å². The van der Waals surface area contributed by atoms with E-state index in [4.69, 9.17) is 0 Å². The Balaban J connectivity index is 2.17. The molecule has 88 valence electrons. The average Bonchev–Trinajstić information content (AvgIpc) is 2.34. The number of rotatable bonds is 4. The molecule has 2 nitrogen and oxygen atoms in total. The lowest BCUT2D eigenvalue weighted by molar-refractivity contribution is 0.816. The highest BCUT2D eigenvalue weighted by Crippen LogP contribution is 2.15. The Morgan fingerprint density at radius 2 is 2.06 bits per heavy atom. The summed E-state index contributed by atoms with van der Waals surface area (Å²) < 4.78 is 0. The number of hydrogen-bond donors (Lipinski definition) is 1. The number of hydrogen-bond acceptors (Lipinski definition) is 2. The van der Waals surface area contributed by atoms with Crippen molar-refractivity contribution in [3.05, 3.63) is 65.0 Å². The summed E-state index contributed by atoms with van der Waals surface area (Å²) in [5.41, 5.74) is 5.32. The number of benzene rings is 1. The van der Waals surface area contributed by atoms with Gasteiger partial charge in [-0.25, -0.2) is 0 Å². The van der Waals surface area contributed by atoms with Crippen LogP contribution in [0.4, 0.5) is 0 Å². The van der Waals surface area contributed by atoms with Crippen LogP contribution < -0.4 is 5.32 Å². The Morgan fingerprint density at radius 3 is 2.71 bits per heavy atom. The van der Waals surface area contributed by atoms with Gasteiger partial charge in [0, 0.05) is 18.9 Å². The maximum atomic E-state index is 4.15. The van der Waals surface area contributed by atoms with Crippen molar-refractivity contribution in [3.8, 4) is 0 Å². The smallest absolute Gasteiger partial charge is 0.0303 e. The third-order valence-corrected chi connectivity index (χ3v) is 2.91. The largest absolute Gasteiger partial charge is 0.316 e. The number of nitrogens with one attached hydrogen (secondary N) is 1. The zero-order valence-corrected chi connectivity index (χ0v) is 10.4. The summed E-state index contributed by atoms with van der Waals surface area (Å²) in [5.74, 6) is 0. The van der Waals surface area contributed by atoms with Crippen molar-refractivity contribution in [2.75, 3.05) is 7.05 Å². The van der Waals surface area contributed by atoms with Crippen LogP contribution in [0, 0.1) is 6.92 Å². The van der Waals surface area contributed by atoms with Crippen LogP contribution in [-0.2, 0) is 13.0 Å². The monoisotopic (exact) mass is 226 g/mol. The summed E-state index contributed by atoms with van der Waals surface area (Å²) in [5, 5.41) is 3.17. The molecule has 1 aromatic carbocycles. The normalized spacial score (nSPS) is 10.5. The molecule has 0 spiro atoms. The molecule has 0 saturated carbocycles. The Labute approximate surface area is 103 Å². The minimum Gasteiger partial charge on any atom is -0.316 e. The zero-order chi connectivity index (χ0) is 12.1. The fraction of sp³-hybridized carbons (Fsp3) is 0.267. The zero-order valence-electron chi connectivity index (χ0n) is 10.4. The van der Waals surface area contributed by atoms with E-state index in [1.807, 2.05) is 25.5 Å². The lowest BCUT2D eigenvalue weighted by atomic mass is 9.99. The van der Waals surface area contributed by atoms with Crippen LogP contribution in [0.1, 0.15) is 22.3 Å². The van der Waals surface area contributed by atoms with Gasteiger partial charge in [-0.1, -0.05) is 24.3 Å². The summed E-state index contributed by atoms with van der Waals surface area (Å²) in [7, 11) is 1.97. The molecular weight excluding hydrogens is 208 g/mol. The fourth-order valence-corrected chi connectivity index (χ4v) is 1.99. The SMILES string of the molecule is CNCc1ccc(Cc2cccnc2)c(C)c1. The van der Waals surface area contributed by atoms with Gasteiger partial charge in [0.15, 0.2) is 0 Å². The molecular formula is C15H18N2. The summed E-state index contributed by atoms with van der Waals surface area (Å²) >= 11 is 0. The van der Waals surface area contributed by atoms with E-state index >= 15 is 0 Å². The predicted octanol–water partition coefficient (Wildman–Crippen LogP) is 2.70. The van der Waals surface area contributed by atoms with E-state index < -0.39 is 0 Å². The highest BCUT2D eigenvalue weighted by molar-refractivity contribution is 5.34. The van der Waals surface area contributed by atoms with Crippen LogP contribution in [0.15, 0.2) is 42.7 Å². The van der Waals surface area contributed by atoms with Gasteiger partial charge >= 0.3 is 0 Å². The van der Waals surface area contributed by atoms with Crippen LogP contribution in [0.2, 0.25) is 0 Å².